The first-order valence-corrected chi connectivity index (χ1v) is 6.50. The second kappa shape index (κ2) is 5.31. The maximum Gasteiger partial charge on any atom is 0.332 e. The number of aromatic nitrogens is 2. The number of carbonyl (C=O) groups is 2. The van der Waals surface area contributed by atoms with Gasteiger partial charge in [0, 0.05) is 18.1 Å². The van der Waals surface area contributed by atoms with Crippen LogP contribution in [0.3, 0.4) is 0 Å². The summed E-state index contributed by atoms with van der Waals surface area (Å²) in [5.74, 6) is -1.44. The van der Waals surface area contributed by atoms with Gasteiger partial charge >= 0.3 is 5.97 Å². The van der Waals surface area contributed by atoms with Crippen LogP contribution in [-0.4, -0.2) is 27.6 Å². The molecule has 0 saturated heterocycles. The average molecular weight is 307 g/mol. The number of fused-ring (bicyclic) bond motifs is 3. The molecule has 23 heavy (non-hydrogen) atoms. The molecule has 1 aliphatic carbocycles. The van der Waals surface area contributed by atoms with E-state index in [1.165, 1.54) is 6.92 Å². The number of amides is 1. The summed E-state index contributed by atoms with van der Waals surface area (Å²) in [4.78, 5) is 35.4. The Bertz CT molecular complexity index is 927. The van der Waals surface area contributed by atoms with Crippen molar-refractivity contribution in [3.8, 4) is 17.3 Å². The zero-order valence-corrected chi connectivity index (χ0v) is 11.9. The molecular formula is C15H9N5O3. The topological polar surface area (TPSA) is 131 Å². The number of oxime groups is 1. The Morgan fingerprint density at radius 3 is 2.52 bits per heavy atom. The molecule has 8 heteroatoms. The third-order valence-corrected chi connectivity index (χ3v) is 3.16. The van der Waals surface area contributed by atoms with Crippen LogP contribution >= 0.6 is 0 Å². The molecule has 0 spiro atoms. The van der Waals surface area contributed by atoms with E-state index in [9.17, 15) is 9.59 Å². The van der Waals surface area contributed by atoms with Crippen LogP contribution in [0.4, 0.5) is 0 Å². The summed E-state index contributed by atoms with van der Waals surface area (Å²) in [6.45, 7) is 1.22. The van der Waals surface area contributed by atoms with Crippen LogP contribution in [0.1, 0.15) is 34.4 Å². The molecule has 8 nitrogen and oxygen atoms in total. The Balaban J connectivity index is 2.30. The fourth-order valence-electron chi connectivity index (χ4n) is 2.26. The fraction of sp³-hybridized carbons (Fsp3) is 0.0667. The maximum atomic E-state index is 11.5. The van der Waals surface area contributed by atoms with E-state index in [1.807, 2.05) is 0 Å². The van der Waals surface area contributed by atoms with Crippen LogP contribution in [0.25, 0.3) is 11.3 Å². The highest BCUT2D eigenvalue weighted by molar-refractivity contribution is 6.22. The molecule has 1 aromatic heterocycles. The van der Waals surface area contributed by atoms with E-state index in [1.54, 1.807) is 30.3 Å². The monoisotopic (exact) mass is 307 g/mol. The highest BCUT2D eigenvalue weighted by Gasteiger charge is 2.31. The predicted octanol–water partition coefficient (Wildman–Crippen LogP) is 0.743. The van der Waals surface area contributed by atoms with Crippen LogP contribution in [0.5, 0.6) is 0 Å². The first-order valence-electron chi connectivity index (χ1n) is 6.50. The molecule has 2 N–H and O–H groups in total. The summed E-state index contributed by atoms with van der Waals surface area (Å²) in [7, 11) is 0. The minimum atomic E-state index is -0.847. The smallest absolute Gasteiger partial charge is 0.332 e. The molecule has 1 aliphatic rings. The number of hydrogen-bond donors (Lipinski definition) is 1. The first kappa shape index (κ1) is 14.3. The van der Waals surface area contributed by atoms with E-state index in [2.05, 4.69) is 15.1 Å². The van der Waals surface area contributed by atoms with Crippen molar-refractivity contribution in [2.75, 3.05) is 0 Å². The Kier molecular flexibility index (Phi) is 3.31. The van der Waals surface area contributed by atoms with Crippen molar-refractivity contribution in [2.45, 2.75) is 6.92 Å². The molecule has 0 atom stereocenters. The molecule has 1 amide bonds. The number of primary amides is 1. The lowest BCUT2D eigenvalue weighted by Gasteiger charge is -2.03. The molecule has 112 valence electrons. The van der Waals surface area contributed by atoms with Gasteiger partial charge in [-0.3, -0.25) is 4.79 Å². The van der Waals surface area contributed by atoms with Gasteiger partial charge in [-0.05, 0) is 0 Å². The van der Waals surface area contributed by atoms with Crippen molar-refractivity contribution >= 4 is 17.6 Å². The standard InChI is InChI=1S/C15H9N5O3/c1-7(21)23-20-12-9-5-3-2-4-8(9)11-14(12)18-10(6-16)13(19-11)15(17)22/h2-5H,1H3,(H2,17,22). The Hall–Kier alpha value is -3.60. The molecule has 0 aliphatic heterocycles. The number of rotatable bonds is 2. The summed E-state index contributed by atoms with van der Waals surface area (Å²) >= 11 is 0. The quantitative estimate of drug-likeness (QED) is 0.548. The van der Waals surface area contributed by atoms with Gasteiger partial charge in [-0.1, -0.05) is 29.4 Å². The summed E-state index contributed by atoms with van der Waals surface area (Å²) in [6, 6.07) is 8.84. The third kappa shape index (κ3) is 2.30. The van der Waals surface area contributed by atoms with E-state index >= 15 is 0 Å². The van der Waals surface area contributed by atoms with E-state index in [-0.39, 0.29) is 22.8 Å². The van der Waals surface area contributed by atoms with Crippen LogP contribution in [0, 0.1) is 11.3 Å². The van der Waals surface area contributed by atoms with Crippen molar-refractivity contribution in [3.63, 3.8) is 0 Å². The predicted molar refractivity (Wildman–Crippen MR) is 78.1 cm³/mol. The molecule has 0 fully saturated rings. The second-order valence-corrected chi connectivity index (χ2v) is 4.66. The van der Waals surface area contributed by atoms with Crippen molar-refractivity contribution in [1.82, 2.24) is 9.97 Å². The highest BCUT2D eigenvalue weighted by atomic mass is 16.7. The fourth-order valence-corrected chi connectivity index (χ4v) is 2.26. The van der Waals surface area contributed by atoms with Gasteiger partial charge in [0.15, 0.2) is 11.4 Å². The molecule has 1 heterocycles. The van der Waals surface area contributed by atoms with Crippen LogP contribution in [0.15, 0.2) is 29.4 Å². The SMILES string of the molecule is CC(=O)ON=C1c2ccccc2-c2nc(C(N)=O)c(C#N)nc21. The van der Waals surface area contributed by atoms with Crippen LogP contribution in [0.2, 0.25) is 0 Å². The number of nitrogens with two attached hydrogens (primary N) is 1. The molecule has 1 aromatic carbocycles. The van der Waals surface area contributed by atoms with Gasteiger partial charge in [-0.15, -0.1) is 0 Å². The van der Waals surface area contributed by atoms with Crippen molar-refractivity contribution < 1.29 is 14.4 Å². The van der Waals surface area contributed by atoms with Gasteiger partial charge < -0.3 is 10.6 Å². The Morgan fingerprint density at radius 2 is 1.91 bits per heavy atom. The number of nitrogens with zero attached hydrogens (tertiary/aromatic N) is 4. The van der Waals surface area contributed by atoms with Gasteiger partial charge in [0.1, 0.15) is 23.2 Å². The Morgan fingerprint density at radius 1 is 1.22 bits per heavy atom. The third-order valence-electron chi connectivity index (χ3n) is 3.16. The maximum absolute atomic E-state index is 11.5. The molecule has 3 rings (SSSR count). The summed E-state index contributed by atoms with van der Waals surface area (Å²) in [6.07, 6.45) is 0. The van der Waals surface area contributed by atoms with Gasteiger partial charge in [0.25, 0.3) is 5.91 Å². The highest BCUT2D eigenvalue weighted by Crippen LogP contribution is 2.35. The van der Waals surface area contributed by atoms with Gasteiger partial charge in [0.2, 0.25) is 0 Å². The molecule has 0 unspecified atom stereocenters. The number of carbonyl (C=O) groups excluding carboxylic acids is 2. The van der Waals surface area contributed by atoms with Crippen LogP contribution in [-0.2, 0) is 9.63 Å². The van der Waals surface area contributed by atoms with Gasteiger partial charge in [0.05, 0.1) is 0 Å². The van der Waals surface area contributed by atoms with E-state index in [0.717, 1.165) is 0 Å². The van der Waals surface area contributed by atoms with Gasteiger partial charge in [-0.2, -0.15) is 5.26 Å². The second-order valence-electron chi connectivity index (χ2n) is 4.66. The number of nitriles is 1. The lowest BCUT2D eigenvalue weighted by molar-refractivity contribution is -0.140. The summed E-state index contributed by atoms with van der Waals surface area (Å²) < 4.78 is 0. The zero-order chi connectivity index (χ0) is 16.6. The molecule has 0 bridgehead atoms. The van der Waals surface area contributed by atoms with E-state index < -0.39 is 11.9 Å². The normalized spacial score (nSPS) is 13.1. The van der Waals surface area contributed by atoms with Gasteiger partial charge in [-0.25, -0.2) is 14.8 Å². The molecule has 0 saturated carbocycles. The van der Waals surface area contributed by atoms with E-state index in [0.29, 0.717) is 16.8 Å². The molecule has 2 aromatic rings. The number of benzene rings is 1. The minimum absolute atomic E-state index is 0.209. The average Bonchev–Trinajstić information content (AvgIpc) is 2.84. The largest absolute Gasteiger partial charge is 0.364 e. The van der Waals surface area contributed by atoms with E-state index in [4.69, 9.17) is 15.8 Å². The lowest BCUT2D eigenvalue weighted by Crippen LogP contribution is -2.18. The number of hydrogen-bond acceptors (Lipinski definition) is 7. The Labute approximate surface area is 130 Å². The molecular weight excluding hydrogens is 298 g/mol. The van der Waals surface area contributed by atoms with Crippen molar-refractivity contribution in [1.29, 1.82) is 5.26 Å². The summed E-state index contributed by atoms with van der Waals surface area (Å²) in [5.41, 5.74) is 7.00. The molecule has 0 radical (unpaired) electrons. The zero-order valence-electron chi connectivity index (χ0n) is 11.9. The van der Waals surface area contributed by atoms with Crippen LogP contribution < -0.4 is 5.73 Å². The van der Waals surface area contributed by atoms with Crippen molar-refractivity contribution in [2.24, 2.45) is 10.9 Å². The lowest BCUT2D eigenvalue weighted by atomic mass is 10.1. The summed E-state index contributed by atoms with van der Waals surface area (Å²) in [5, 5.41) is 12.9. The minimum Gasteiger partial charge on any atom is -0.364 e. The first-order chi connectivity index (χ1) is 11.0. The van der Waals surface area contributed by atoms with Crippen molar-refractivity contribution in [3.05, 3.63) is 46.9 Å².